The Bertz CT molecular complexity index is 1020. The highest BCUT2D eigenvalue weighted by Gasteiger charge is 2.45. The van der Waals surface area contributed by atoms with E-state index >= 15 is 0 Å². The van der Waals surface area contributed by atoms with Crippen LogP contribution in [0.3, 0.4) is 0 Å². The number of carbonyl (C=O) groups is 1. The van der Waals surface area contributed by atoms with Gasteiger partial charge in [0, 0.05) is 6.20 Å². The highest BCUT2D eigenvalue weighted by molar-refractivity contribution is 8.27. The summed E-state index contributed by atoms with van der Waals surface area (Å²) in [7, 11) is 0. The van der Waals surface area contributed by atoms with Crippen molar-refractivity contribution in [3.63, 3.8) is 0 Å². The molecule has 2 aromatic carbocycles. The molecule has 0 amide bonds. The van der Waals surface area contributed by atoms with E-state index in [0.717, 1.165) is 11.3 Å². The van der Waals surface area contributed by atoms with Crippen molar-refractivity contribution in [1.82, 2.24) is 4.98 Å². The fourth-order valence-corrected chi connectivity index (χ4v) is 4.43. The zero-order valence-corrected chi connectivity index (χ0v) is 15.7. The molecule has 1 N–H and O–H groups in total. The van der Waals surface area contributed by atoms with Gasteiger partial charge in [-0.25, -0.2) is 4.99 Å². The predicted octanol–water partition coefficient (Wildman–Crippen LogP) is 4.93. The van der Waals surface area contributed by atoms with Gasteiger partial charge in [0.2, 0.25) is 0 Å². The smallest absolute Gasteiger partial charge is 0.191 e. The largest absolute Gasteiger partial charge is 0.410 e. The molecule has 1 aliphatic heterocycles. The first-order valence-electron chi connectivity index (χ1n) is 8.81. The van der Waals surface area contributed by atoms with Gasteiger partial charge in [-0.1, -0.05) is 71.5 Å². The molecule has 0 saturated carbocycles. The molecular formula is C22H17N3O2S. The van der Waals surface area contributed by atoms with Crippen LogP contribution in [-0.4, -0.2) is 26.1 Å². The number of hydrogen-bond acceptors (Lipinski definition) is 6. The lowest BCUT2D eigenvalue weighted by Crippen LogP contribution is -2.26. The lowest BCUT2D eigenvalue weighted by molar-refractivity contribution is 0.0947. The number of benzene rings is 2. The van der Waals surface area contributed by atoms with Gasteiger partial charge in [0.25, 0.3) is 0 Å². The number of Topliss-reactive ketones (excluding diaryl/α,β-unsaturated/α-hetero) is 1. The van der Waals surface area contributed by atoms with E-state index in [9.17, 15) is 10.0 Å². The fraction of sp³-hybridized carbons (Fsp3) is 0.0909. The van der Waals surface area contributed by atoms with Gasteiger partial charge in [0.05, 0.1) is 22.6 Å². The van der Waals surface area contributed by atoms with Crippen molar-refractivity contribution < 1.29 is 10.0 Å². The molecule has 2 unspecified atom stereocenters. The summed E-state index contributed by atoms with van der Waals surface area (Å²) in [6, 6.07) is 24.3. The van der Waals surface area contributed by atoms with Gasteiger partial charge >= 0.3 is 0 Å². The topological polar surface area (TPSA) is 74.9 Å². The van der Waals surface area contributed by atoms with Crippen LogP contribution in [0.5, 0.6) is 0 Å². The first kappa shape index (κ1) is 18.1. The van der Waals surface area contributed by atoms with Gasteiger partial charge in [0.15, 0.2) is 5.78 Å². The summed E-state index contributed by atoms with van der Waals surface area (Å²) in [5.41, 5.74) is 2.01. The first-order valence-corrected chi connectivity index (χ1v) is 9.63. The van der Waals surface area contributed by atoms with E-state index in [-0.39, 0.29) is 5.78 Å². The van der Waals surface area contributed by atoms with Crippen LogP contribution in [0.2, 0.25) is 0 Å². The summed E-state index contributed by atoms with van der Waals surface area (Å²) >= 11 is 1.24. The van der Waals surface area contributed by atoms with Crippen molar-refractivity contribution >= 4 is 33.3 Å². The highest BCUT2D eigenvalue weighted by Crippen LogP contribution is 2.44. The van der Waals surface area contributed by atoms with E-state index in [0.29, 0.717) is 15.8 Å². The Balaban J connectivity index is 1.84. The van der Waals surface area contributed by atoms with E-state index in [2.05, 4.69) is 10.1 Å². The van der Waals surface area contributed by atoms with Gasteiger partial charge in [0.1, 0.15) is 10.7 Å². The van der Waals surface area contributed by atoms with Crippen molar-refractivity contribution in [2.24, 2.45) is 16.1 Å². The Morgan fingerprint density at radius 1 is 0.893 bits per heavy atom. The number of thioether (sulfide) groups is 1. The second kappa shape index (κ2) is 8.19. The quantitative estimate of drug-likeness (QED) is 0.391. The Morgan fingerprint density at radius 3 is 2.21 bits per heavy atom. The van der Waals surface area contributed by atoms with E-state index in [1.807, 2.05) is 60.7 Å². The number of aliphatic imine (C=N–C) groups is 1. The molecule has 6 heteroatoms. The lowest BCUT2D eigenvalue weighted by Gasteiger charge is -2.18. The molecule has 0 bridgehead atoms. The lowest BCUT2D eigenvalue weighted by atomic mass is 9.83. The van der Waals surface area contributed by atoms with E-state index < -0.39 is 11.8 Å². The maximum absolute atomic E-state index is 13.4. The van der Waals surface area contributed by atoms with Crippen molar-refractivity contribution in [2.45, 2.75) is 5.92 Å². The van der Waals surface area contributed by atoms with Crippen LogP contribution in [-0.2, 0) is 0 Å². The van der Waals surface area contributed by atoms with Crippen LogP contribution < -0.4 is 0 Å². The third-order valence-electron chi connectivity index (χ3n) is 4.53. The SMILES string of the molecule is O=C(c1ccccn1)C1C(=Nc2ccccc2)SC(=NO)C1c1ccccc1. The molecule has 0 radical (unpaired) electrons. The third kappa shape index (κ3) is 3.59. The summed E-state index contributed by atoms with van der Waals surface area (Å²) in [4.78, 5) is 22.3. The molecular weight excluding hydrogens is 370 g/mol. The average Bonchev–Trinajstić information content (AvgIpc) is 3.13. The molecule has 4 rings (SSSR count). The number of rotatable bonds is 4. The summed E-state index contributed by atoms with van der Waals surface area (Å²) in [5, 5.41) is 14.2. The first-order chi connectivity index (χ1) is 13.8. The standard InChI is InChI=1S/C22H17N3O2S/c26-20(17-13-7-8-14-23-17)19-18(15-9-3-1-4-10-15)22(25-27)28-21(19)24-16-11-5-2-6-12-16/h1-14,18-19,27H. The summed E-state index contributed by atoms with van der Waals surface area (Å²) < 4.78 is 0. The fourth-order valence-electron chi connectivity index (χ4n) is 3.25. The number of hydrogen-bond donors (Lipinski definition) is 1. The van der Waals surface area contributed by atoms with Gasteiger partial charge in [-0.3, -0.25) is 9.78 Å². The zero-order valence-electron chi connectivity index (χ0n) is 14.8. The predicted molar refractivity (Wildman–Crippen MR) is 112 cm³/mol. The van der Waals surface area contributed by atoms with E-state index in [4.69, 9.17) is 4.99 Å². The Labute approximate surface area is 166 Å². The Kier molecular flexibility index (Phi) is 5.30. The minimum absolute atomic E-state index is 0.143. The van der Waals surface area contributed by atoms with Gasteiger partial charge < -0.3 is 5.21 Å². The number of pyridine rings is 1. The summed E-state index contributed by atoms with van der Waals surface area (Å²) in [6.07, 6.45) is 1.60. The highest BCUT2D eigenvalue weighted by atomic mass is 32.2. The number of aromatic nitrogens is 1. The zero-order chi connectivity index (χ0) is 19.3. The molecule has 0 spiro atoms. The Morgan fingerprint density at radius 2 is 1.57 bits per heavy atom. The average molecular weight is 387 g/mol. The molecule has 2 atom stereocenters. The third-order valence-corrected chi connectivity index (χ3v) is 5.63. The van der Waals surface area contributed by atoms with Crippen molar-refractivity contribution in [3.8, 4) is 0 Å². The monoisotopic (exact) mass is 387 g/mol. The molecule has 1 fully saturated rings. The summed E-state index contributed by atoms with van der Waals surface area (Å²) in [5.74, 6) is -1.16. The maximum atomic E-state index is 13.4. The molecule has 2 heterocycles. The van der Waals surface area contributed by atoms with Crippen molar-refractivity contribution in [3.05, 3.63) is 96.3 Å². The minimum atomic E-state index is -0.603. The van der Waals surface area contributed by atoms with E-state index in [1.165, 1.54) is 11.8 Å². The van der Waals surface area contributed by atoms with Crippen LogP contribution in [0.4, 0.5) is 5.69 Å². The molecule has 1 saturated heterocycles. The number of para-hydroxylation sites is 1. The number of carbonyl (C=O) groups excluding carboxylic acids is 1. The minimum Gasteiger partial charge on any atom is -0.410 e. The van der Waals surface area contributed by atoms with Crippen LogP contribution in [0.15, 0.2) is 95.2 Å². The van der Waals surface area contributed by atoms with Crippen LogP contribution in [0.25, 0.3) is 0 Å². The number of ketones is 1. The van der Waals surface area contributed by atoms with Crippen LogP contribution in [0.1, 0.15) is 22.0 Å². The van der Waals surface area contributed by atoms with E-state index in [1.54, 1.807) is 24.4 Å². The van der Waals surface area contributed by atoms with Crippen molar-refractivity contribution in [1.29, 1.82) is 0 Å². The molecule has 1 aliphatic rings. The molecule has 0 aliphatic carbocycles. The second-order valence-electron chi connectivity index (χ2n) is 6.27. The van der Waals surface area contributed by atoms with Crippen molar-refractivity contribution in [2.75, 3.05) is 0 Å². The maximum Gasteiger partial charge on any atom is 0.191 e. The van der Waals surface area contributed by atoms with Crippen LogP contribution in [0, 0.1) is 5.92 Å². The Hall–Kier alpha value is -3.25. The van der Waals surface area contributed by atoms with Gasteiger partial charge in [-0.2, -0.15) is 0 Å². The van der Waals surface area contributed by atoms with Gasteiger partial charge in [-0.05, 0) is 29.8 Å². The summed E-state index contributed by atoms with van der Waals surface area (Å²) in [6.45, 7) is 0. The molecule has 28 heavy (non-hydrogen) atoms. The molecule has 5 nitrogen and oxygen atoms in total. The second-order valence-corrected chi connectivity index (χ2v) is 7.31. The molecule has 1 aromatic heterocycles. The molecule has 138 valence electrons. The molecule has 3 aromatic rings. The normalized spacial score (nSPS) is 21.9. The van der Waals surface area contributed by atoms with Crippen LogP contribution >= 0.6 is 11.8 Å². The number of nitrogens with zero attached hydrogens (tertiary/aromatic N) is 3. The number of oxime groups is 1. The van der Waals surface area contributed by atoms with Gasteiger partial charge in [-0.15, -0.1) is 0 Å².